The van der Waals surface area contributed by atoms with Crippen LogP contribution in [0.4, 0.5) is 28.8 Å². The maximum atomic E-state index is 13.3. The number of urea groups is 1. The lowest BCUT2D eigenvalue weighted by Crippen LogP contribution is -2.40. The second kappa shape index (κ2) is 9.80. The number of hydrogen-bond donors (Lipinski definition) is 1. The molecular weight excluding hydrogens is 439 g/mol. The van der Waals surface area contributed by atoms with Gasteiger partial charge in [-0.3, -0.25) is 0 Å². The number of rotatable bonds is 6. The highest BCUT2D eigenvalue weighted by molar-refractivity contribution is 7.14. The van der Waals surface area contributed by atoms with Gasteiger partial charge < -0.3 is 10.2 Å². The average Bonchev–Trinajstić information content (AvgIpc) is 3.23. The number of nitrogens with one attached hydrogen (secondary N) is 1. The molecule has 1 heterocycles. The van der Waals surface area contributed by atoms with Gasteiger partial charge in [0, 0.05) is 24.0 Å². The van der Waals surface area contributed by atoms with Crippen LogP contribution in [0, 0.1) is 11.3 Å². The van der Waals surface area contributed by atoms with E-state index in [9.17, 15) is 18.0 Å². The molecule has 0 atom stereocenters. The quantitative estimate of drug-likeness (QED) is 0.556. The van der Waals surface area contributed by atoms with Crippen LogP contribution < -0.4 is 10.2 Å². The number of hydrogen-bond acceptors (Lipinski definition) is 5. The molecule has 1 N–H and O–H groups in total. The fourth-order valence-corrected chi connectivity index (χ4v) is 3.70. The Morgan fingerprint density at radius 3 is 2.62 bits per heavy atom. The summed E-state index contributed by atoms with van der Waals surface area (Å²) in [4.78, 5) is 20.4. The molecule has 0 aliphatic rings. The minimum absolute atomic E-state index is 0.0499. The first-order valence-electron chi connectivity index (χ1n) is 9.55. The minimum atomic E-state index is -4.55. The molecule has 0 saturated heterocycles. The van der Waals surface area contributed by atoms with Gasteiger partial charge in [0.25, 0.3) is 0 Å². The van der Waals surface area contributed by atoms with E-state index in [1.807, 2.05) is 19.0 Å². The molecule has 0 bridgehead atoms. The predicted octanol–water partition coefficient (Wildman–Crippen LogP) is 5.11. The van der Waals surface area contributed by atoms with E-state index in [-0.39, 0.29) is 10.8 Å². The largest absolute Gasteiger partial charge is 0.416 e. The predicted molar refractivity (Wildman–Crippen MR) is 118 cm³/mol. The fraction of sp³-hybridized carbons (Fsp3) is 0.227. The third kappa shape index (κ3) is 5.63. The van der Waals surface area contributed by atoms with Gasteiger partial charge in [-0.05, 0) is 44.4 Å². The summed E-state index contributed by atoms with van der Waals surface area (Å²) in [5, 5.41) is 13.7. The summed E-state index contributed by atoms with van der Waals surface area (Å²) in [6.45, 7) is 0.871. The Morgan fingerprint density at radius 1 is 1.19 bits per heavy atom. The molecule has 1 aromatic heterocycles. The van der Waals surface area contributed by atoms with Gasteiger partial charge in [-0.2, -0.15) is 18.4 Å². The third-order valence-electron chi connectivity index (χ3n) is 4.44. The van der Waals surface area contributed by atoms with Crippen LogP contribution in [0.25, 0.3) is 11.3 Å². The molecule has 0 aliphatic carbocycles. The number of amides is 2. The standard InChI is InChI=1S/C22H20F3N5OS/c1-29(2)10-9-27-20(31)30(18-8-4-7-17(12-18)22(23,24)25)21-28-19(14-32-21)16-6-3-5-15(11-16)13-26/h3-8,11-12,14H,9-10H2,1-2H3,(H,27,31). The Hall–Kier alpha value is -3.42. The summed E-state index contributed by atoms with van der Waals surface area (Å²) in [5.41, 5.74) is 0.824. The van der Waals surface area contributed by atoms with Crippen molar-refractivity contribution in [2.45, 2.75) is 6.18 Å². The summed E-state index contributed by atoms with van der Waals surface area (Å²) in [6.07, 6.45) is -4.55. The van der Waals surface area contributed by atoms with E-state index in [2.05, 4.69) is 16.4 Å². The Labute approximate surface area is 187 Å². The molecule has 2 aromatic carbocycles. The van der Waals surface area contributed by atoms with Crippen LogP contribution in [0.5, 0.6) is 0 Å². The number of halogens is 3. The number of carbonyl (C=O) groups excluding carboxylic acids is 1. The number of likely N-dealkylation sites (N-methyl/N-ethyl adjacent to an activating group) is 1. The van der Waals surface area contributed by atoms with Gasteiger partial charge in [-0.15, -0.1) is 11.3 Å². The molecular formula is C22H20F3N5OS. The number of carbonyl (C=O) groups is 1. The number of nitrogens with zero attached hydrogens (tertiary/aromatic N) is 4. The van der Waals surface area contributed by atoms with Crippen molar-refractivity contribution in [1.82, 2.24) is 15.2 Å². The first-order chi connectivity index (χ1) is 15.2. The Morgan fingerprint density at radius 2 is 1.94 bits per heavy atom. The highest BCUT2D eigenvalue weighted by atomic mass is 32.1. The minimum Gasteiger partial charge on any atom is -0.336 e. The highest BCUT2D eigenvalue weighted by Gasteiger charge is 2.32. The molecule has 0 radical (unpaired) electrons. The Bertz CT molecular complexity index is 1140. The van der Waals surface area contributed by atoms with Crippen molar-refractivity contribution in [3.63, 3.8) is 0 Å². The van der Waals surface area contributed by atoms with Crippen LogP contribution in [0.15, 0.2) is 53.9 Å². The number of anilines is 2. The Balaban J connectivity index is 1.99. The van der Waals surface area contributed by atoms with Crippen molar-refractivity contribution in [3.8, 4) is 17.3 Å². The number of nitriles is 1. The topological polar surface area (TPSA) is 72.3 Å². The van der Waals surface area contributed by atoms with Gasteiger partial charge in [0.05, 0.1) is 28.6 Å². The lowest BCUT2D eigenvalue weighted by atomic mass is 10.1. The molecule has 0 saturated carbocycles. The molecule has 3 aromatic rings. The molecule has 0 spiro atoms. The average molecular weight is 459 g/mol. The second-order valence-electron chi connectivity index (χ2n) is 7.13. The summed E-state index contributed by atoms with van der Waals surface area (Å²) in [6, 6.07) is 12.8. The molecule has 6 nitrogen and oxygen atoms in total. The van der Waals surface area contributed by atoms with Crippen molar-refractivity contribution >= 4 is 28.2 Å². The fourth-order valence-electron chi connectivity index (χ4n) is 2.85. The first-order valence-corrected chi connectivity index (χ1v) is 10.4. The van der Waals surface area contributed by atoms with Gasteiger partial charge in [-0.25, -0.2) is 14.7 Å². The summed E-state index contributed by atoms with van der Waals surface area (Å²) in [5.74, 6) is 0. The van der Waals surface area contributed by atoms with Crippen LogP contribution in [0.2, 0.25) is 0 Å². The smallest absolute Gasteiger partial charge is 0.336 e. The number of thiazole rings is 1. The number of aromatic nitrogens is 1. The maximum absolute atomic E-state index is 13.3. The van der Waals surface area contributed by atoms with Crippen molar-refractivity contribution in [2.75, 3.05) is 32.1 Å². The summed E-state index contributed by atoms with van der Waals surface area (Å²) >= 11 is 1.12. The molecule has 2 amide bonds. The van der Waals surface area contributed by atoms with E-state index in [4.69, 9.17) is 5.26 Å². The highest BCUT2D eigenvalue weighted by Crippen LogP contribution is 2.36. The zero-order valence-electron chi connectivity index (χ0n) is 17.3. The van der Waals surface area contributed by atoms with Crippen molar-refractivity contribution in [2.24, 2.45) is 0 Å². The zero-order valence-corrected chi connectivity index (χ0v) is 18.2. The van der Waals surface area contributed by atoms with E-state index in [1.54, 1.807) is 29.6 Å². The zero-order chi connectivity index (χ0) is 23.3. The maximum Gasteiger partial charge on any atom is 0.416 e. The third-order valence-corrected chi connectivity index (χ3v) is 5.27. The molecule has 166 valence electrons. The summed E-state index contributed by atoms with van der Waals surface area (Å²) < 4.78 is 39.8. The second-order valence-corrected chi connectivity index (χ2v) is 7.96. The molecule has 0 unspecified atom stereocenters. The van der Waals surface area contributed by atoms with Crippen molar-refractivity contribution in [3.05, 3.63) is 65.0 Å². The van der Waals surface area contributed by atoms with Gasteiger partial charge in [-0.1, -0.05) is 18.2 Å². The van der Waals surface area contributed by atoms with Crippen LogP contribution in [-0.4, -0.2) is 43.1 Å². The van der Waals surface area contributed by atoms with E-state index in [1.165, 1.54) is 12.1 Å². The van der Waals surface area contributed by atoms with Crippen LogP contribution >= 0.6 is 11.3 Å². The molecule has 10 heteroatoms. The van der Waals surface area contributed by atoms with Crippen LogP contribution in [0.3, 0.4) is 0 Å². The molecule has 32 heavy (non-hydrogen) atoms. The Kier molecular flexibility index (Phi) is 7.12. The van der Waals surface area contributed by atoms with Gasteiger partial charge in [0.2, 0.25) is 0 Å². The van der Waals surface area contributed by atoms with Gasteiger partial charge in [0.1, 0.15) is 0 Å². The van der Waals surface area contributed by atoms with E-state index < -0.39 is 17.8 Å². The monoisotopic (exact) mass is 459 g/mol. The van der Waals surface area contributed by atoms with Crippen molar-refractivity contribution in [1.29, 1.82) is 5.26 Å². The first kappa shape index (κ1) is 23.2. The normalized spacial score (nSPS) is 11.3. The van der Waals surface area contributed by atoms with E-state index in [0.29, 0.717) is 29.9 Å². The molecule has 0 aliphatic heterocycles. The van der Waals surface area contributed by atoms with E-state index in [0.717, 1.165) is 28.4 Å². The summed E-state index contributed by atoms with van der Waals surface area (Å²) in [7, 11) is 3.69. The molecule has 0 fully saturated rings. The number of benzene rings is 2. The lowest BCUT2D eigenvalue weighted by molar-refractivity contribution is -0.137. The SMILES string of the molecule is CN(C)CCNC(=O)N(c1cccc(C(F)(F)F)c1)c1nc(-c2cccc(C#N)c2)cs1. The van der Waals surface area contributed by atoms with Crippen LogP contribution in [-0.2, 0) is 6.18 Å². The van der Waals surface area contributed by atoms with Gasteiger partial charge >= 0.3 is 12.2 Å². The molecule has 3 rings (SSSR count). The van der Waals surface area contributed by atoms with Crippen molar-refractivity contribution < 1.29 is 18.0 Å². The van der Waals surface area contributed by atoms with Crippen LogP contribution in [0.1, 0.15) is 11.1 Å². The number of alkyl halides is 3. The van der Waals surface area contributed by atoms with E-state index >= 15 is 0 Å². The van der Waals surface area contributed by atoms with Gasteiger partial charge in [0.15, 0.2) is 5.13 Å². The lowest BCUT2D eigenvalue weighted by Gasteiger charge is -2.22.